The summed E-state index contributed by atoms with van der Waals surface area (Å²) >= 11 is 0. The Labute approximate surface area is 123 Å². The van der Waals surface area contributed by atoms with Crippen LogP contribution in [0.2, 0.25) is 0 Å². The summed E-state index contributed by atoms with van der Waals surface area (Å²) in [7, 11) is 0. The Bertz CT molecular complexity index is 559. The molecule has 0 bridgehead atoms. The van der Waals surface area contributed by atoms with Crippen LogP contribution in [0.3, 0.4) is 0 Å². The molecule has 2 atom stereocenters. The van der Waals surface area contributed by atoms with Crippen molar-refractivity contribution in [1.29, 1.82) is 0 Å². The molecule has 1 saturated heterocycles. The molecule has 1 aliphatic rings. The van der Waals surface area contributed by atoms with Gasteiger partial charge in [-0.15, -0.1) is 0 Å². The highest BCUT2D eigenvalue weighted by Crippen LogP contribution is 2.30. The van der Waals surface area contributed by atoms with Crippen molar-refractivity contribution in [3.05, 3.63) is 33.9 Å². The zero-order valence-electron chi connectivity index (χ0n) is 12.5. The number of rotatable bonds is 4. The van der Waals surface area contributed by atoms with Crippen molar-refractivity contribution in [2.75, 3.05) is 18.1 Å². The largest absolute Gasteiger partial charge is 0.375 e. The fourth-order valence-corrected chi connectivity index (χ4v) is 2.65. The van der Waals surface area contributed by atoms with E-state index in [1.807, 2.05) is 6.92 Å². The Morgan fingerprint density at radius 3 is 2.81 bits per heavy atom. The maximum Gasteiger partial charge on any atom is 0.270 e. The highest BCUT2D eigenvalue weighted by atomic mass is 16.6. The molecular weight excluding hydrogens is 272 g/mol. The van der Waals surface area contributed by atoms with Gasteiger partial charge in [0.15, 0.2) is 5.78 Å². The highest BCUT2D eigenvalue weighted by molar-refractivity contribution is 6.00. The molecule has 0 aromatic heterocycles. The van der Waals surface area contributed by atoms with Crippen molar-refractivity contribution in [3.8, 4) is 0 Å². The van der Waals surface area contributed by atoms with Gasteiger partial charge in [-0.05, 0) is 26.3 Å². The van der Waals surface area contributed by atoms with E-state index in [1.165, 1.54) is 19.1 Å². The first kappa shape index (κ1) is 15.4. The number of non-ortho nitro benzene ring substituents is 1. The van der Waals surface area contributed by atoms with Gasteiger partial charge in [-0.2, -0.15) is 0 Å². The average molecular weight is 292 g/mol. The van der Waals surface area contributed by atoms with Crippen molar-refractivity contribution in [2.45, 2.75) is 39.3 Å². The number of Topliss-reactive ketones (excluding diaryl/α,β-unsaturated/α-hetero) is 1. The van der Waals surface area contributed by atoms with E-state index in [0.717, 1.165) is 12.1 Å². The van der Waals surface area contributed by atoms with E-state index < -0.39 is 4.92 Å². The van der Waals surface area contributed by atoms with Gasteiger partial charge in [0, 0.05) is 29.9 Å². The van der Waals surface area contributed by atoms with Gasteiger partial charge in [-0.25, -0.2) is 0 Å². The summed E-state index contributed by atoms with van der Waals surface area (Å²) in [6.45, 7) is 6.77. The minimum absolute atomic E-state index is 0.0571. The fraction of sp³-hybridized carbons (Fsp3) is 0.533. The first-order valence-electron chi connectivity index (χ1n) is 7.11. The summed E-state index contributed by atoms with van der Waals surface area (Å²) in [5, 5.41) is 10.9. The Balaban J connectivity index is 2.45. The van der Waals surface area contributed by atoms with Crippen LogP contribution < -0.4 is 4.90 Å². The van der Waals surface area contributed by atoms with Gasteiger partial charge in [0.25, 0.3) is 5.69 Å². The molecule has 0 aliphatic carbocycles. The quantitative estimate of drug-likeness (QED) is 0.484. The lowest BCUT2D eigenvalue weighted by molar-refractivity contribution is -0.384. The molecule has 1 aromatic rings. The summed E-state index contributed by atoms with van der Waals surface area (Å²) in [6, 6.07) is 4.68. The molecule has 114 valence electrons. The van der Waals surface area contributed by atoms with Gasteiger partial charge in [-0.1, -0.05) is 6.92 Å². The molecule has 1 aliphatic heterocycles. The molecule has 21 heavy (non-hydrogen) atoms. The Morgan fingerprint density at radius 1 is 1.52 bits per heavy atom. The average Bonchev–Trinajstić information content (AvgIpc) is 2.46. The lowest BCUT2D eigenvalue weighted by Crippen LogP contribution is -2.49. The molecule has 0 spiro atoms. The maximum atomic E-state index is 11.9. The van der Waals surface area contributed by atoms with E-state index in [0.29, 0.717) is 18.7 Å². The summed E-state index contributed by atoms with van der Waals surface area (Å²) in [5.74, 6) is -0.164. The molecule has 1 fully saturated rings. The zero-order chi connectivity index (χ0) is 15.6. The summed E-state index contributed by atoms with van der Waals surface area (Å²) in [4.78, 5) is 24.4. The van der Waals surface area contributed by atoms with Crippen molar-refractivity contribution in [3.63, 3.8) is 0 Å². The molecule has 0 N–H and O–H groups in total. The van der Waals surface area contributed by atoms with E-state index in [9.17, 15) is 14.9 Å². The number of nitro groups is 1. The molecule has 0 amide bonds. The minimum Gasteiger partial charge on any atom is -0.375 e. The SMILES string of the molecule is CCC1COC(C)CN1c1ccc([N+](=O)[O-])cc1C(C)=O. The second-order valence-electron chi connectivity index (χ2n) is 5.37. The molecule has 6 heteroatoms. The van der Waals surface area contributed by atoms with E-state index in [1.54, 1.807) is 6.07 Å². The summed E-state index contributed by atoms with van der Waals surface area (Å²) in [5.41, 5.74) is 1.10. The van der Waals surface area contributed by atoms with Gasteiger partial charge in [0.2, 0.25) is 0 Å². The number of carbonyl (C=O) groups excluding carboxylic acids is 1. The van der Waals surface area contributed by atoms with Crippen LogP contribution in [0, 0.1) is 10.1 Å². The second-order valence-corrected chi connectivity index (χ2v) is 5.37. The zero-order valence-corrected chi connectivity index (χ0v) is 12.5. The van der Waals surface area contributed by atoms with Crippen LogP contribution in [0.1, 0.15) is 37.6 Å². The second kappa shape index (κ2) is 6.22. The first-order valence-corrected chi connectivity index (χ1v) is 7.11. The Morgan fingerprint density at radius 2 is 2.24 bits per heavy atom. The number of nitro benzene ring substituents is 1. The van der Waals surface area contributed by atoms with E-state index >= 15 is 0 Å². The number of ketones is 1. The van der Waals surface area contributed by atoms with Crippen molar-refractivity contribution >= 4 is 17.2 Å². The van der Waals surface area contributed by atoms with Gasteiger partial charge < -0.3 is 9.64 Å². The van der Waals surface area contributed by atoms with E-state index in [4.69, 9.17) is 4.74 Å². The molecule has 6 nitrogen and oxygen atoms in total. The van der Waals surface area contributed by atoms with Crippen LogP contribution in [0.15, 0.2) is 18.2 Å². The molecule has 0 radical (unpaired) electrons. The molecule has 1 heterocycles. The third-order valence-corrected chi connectivity index (χ3v) is 3.82. The fourth-order valence-electron chi connectivity index (χ4n) is 2.65. The van der Waals surface area contributed by atoms with E-state index in [2.05, 4.69) is 11.8 Å². The monoisotopic (exact) mass is 292 g/mol. The van der Waals surface area contributed by atoms with E-state index in [-0.39, 0.29) is 23.6 Å². The number of morpholine rings is 1. The highest BCUT2D eigenvalue weighted by Gasteiger charge is 2.28. The Kier molecular flexibility index (Phi) is 4.57. The number of benzene rings is 1. The summed E-state index contributed by atoms with van der Waals surface area (Å²) in [6.07, 6.45) is 0.962. The number of hydrogen-bond donors (Lipinski definition) is 0. The predicted octanol–water partition coefficient (Wildman–Crippen LogP) is 2.80. The lowest BCUT2D eigenvalue weighted by Gasteiger charge is -2.40. The van der Waals surface area contributed by atoms with Crippen molar-refractivity contribution in [2.24, 2.45) is 0 Å². The lowest BCUT2D eigenvalue weighted by atomic mass is 10.0. The van der Waals surface area contributed by atoms with Crippen LogP contribution >= 0.6 is 0 Å². The van der Waals surface area contributed by atoms with Gasteiger partial charge in [0.1, 0.15) is 0 Å². The molecule has 0 saturated carbocycles. The van der Waals surface area contributed by atoms with Crippen molar-refractivity contribution < 1.29 is 14.5 Å². The number of nitrogens with zero attached hydrogens (tertiary/aromatic N) is 2. The van der Waals surface area contributed by atoms with Crippen LogP contribution in [0.5, 0.6) is 0 Å². The molecular formula is C15H20N2O4. The predicted molar refractivity (Wildman–Crippen MR) is 79.9 cm³/mol. The van der Waals surface area contributed by atoms with Crippen LogP contribution in [-0.2, 0) is 4.74 Å². The standard InChI is InChI=1S/C15H20N2O4/c1-4-12-9-21-10(2)8-16(12)15-6-5-13(17(19)20)7-14(15)11(3)18/h5-7,10,12H,4,8-9H2,1-3H3. The number of ether oxygens (including phenoxy) is 1. The molecule has 1 aromatic carbocycles. The molecule has 2 unspecified atom stereocenters. The number of carbonyl (C=O) groups is 1. The Hall–Kier alpha value is -1.95. The van der Waals surface area contributed by atoms with Gasteiger partial charge in [0.05, 0.1) is 23.7 Å². The molecule has 2 rings (SSSR count). The first-order chi connectivity index (χ1) is 9.93. The smallest absolute Gasteiger partial charge is 0.270 e. The third kappa shape index (κ3) is 3.21. The number of anilines is 1. The maximum absolute atomic E-state index is 11.9. The third-order valence-electron chi connectivity index (χ3n) is 3.82. The number of hydrogen-bond acceptors (Lipinski definition) is 5. The normalized spacial score (nSPS) is 22.1. The van der Waals surface area contributed by atoms with Gasteiger partial charge >= 0.3 is 0 Å². The minimum atomic E-state index is -0.477. The van der Waals surface area contributed by atoms with Crippen LogP contribution in [0.4, 0.5) is 11.4 Å². The van der Waals surface area contributed by atoms with Gasteiger partial charge in [-0.3, -0.25) is 14.9 Å². The van der Waals surface area contributed by atoms with Crippen LogP contribution in [0.25, 0.3) is 0 Å². The van der Waals surface area contributed by atoms with Crippen LogP contribution in [-0.4, -0.2) is 36.0 Å². The topological polar surface area (TPSA) is 72.7 Å². The van der Waals surface area contributed by atoms with Crippen molar-refractivity contribution in [1.82, 2.24) is 0 Å². The summed E-state index contributed by atoms with van der Waals surface area (Å²) < 4.78 is 5.66.